The number of hydrogen-bond donors (Lipinski definition) is 1. The molecule has 136 valence electrons. The second-order valence-corrected chi connectivity index (χ2v) is 7.39. The smallest absolute Gasteiger partial charge is 0.0716 e. The number of aryl methyl sites for hydroxylation is 1. The lowest BCUT2D eigenvalue weighted by Gasteiger charge is -2.13. The normalized spacial score (nSPS) is 18.5. The molecule has 1 aliphatic rings. The molecule has 1 unspecified atom stereocenters. The van der Waals surface area contributed by atoms with Crippen LogP contribution in [0.5, 0.6) is 0 Å². The Morgan fingerprint density at radius 1 is 1.00 bits per heavy atom. The second-order valence-electron chi connectivity index (χ2n) is 7.39. The van der Waals surface area contributed by atoms with Crippen LogP contribution >= 0.6 is 0 Å². The molecule has 24 heavy (non-hydrogen) atoms. The van der Waals surface area contributed by atoms with E-state index >= 15 is 0 Å². The van der Waals surface area contributed by atoms with Crippen LogP contribution in [0.4, 0.5) is 0 Å². The summed E-state index contributed by atoms with van der Waals surface area (Å²) >= 11 is 0. The van der Waals surface area contributed by atoms with E-state index in [9.17, 15) is 0 Å². The molecular weight excluding hydrogens is 294 g/mol. The van der Waals surface area contributed by atoms with E-state index in [1.807, 2.05) is 0 Å². The van der Waals surface area contributed by atoms with Gasteiger partial charge in [0.15, 0.2) is 0 Å². The second kappa shape index (κ2) is 12.5. The first-order valence-corrected chi connectivity index (χ1v) is 10.2. The van der Waals surface area contributed by atoms with Gasteiger partial charge < -0.3 is 10.1 Å². The molecular formula is C22H37NO. The van der Waals surface area contributed by atoms with Crippen molar-refractivity contribution in [2.45, 2.75) is 77.7 Å². The molecule has 1 aliphatic heterocycles. The van der Waals surface area contributed by atoms with E-state index in [-0.39, 0.29) is 0 Å². The Morgan fingerprint density at radius 3 is 2.62 bits per heavy atom. The summed E-state index contributed by atoms with van der Waals surface area (Å²) < 4.78 is 5.82. The third-order valence-electron chi connectivity index (χ3n) is 5.13. The molecule has 0 amide bonds. The predicted octanol–water partition coefficient (Wildman–Crippen LogP) is 5.50. The summed E-state index contributed by atoms with van der Waals surface area (Å²) in [7, 11) is 0. The first-order valence-electron chi connectivity index (χ1n) is 10.2. The Morgan fingerprint density at radius 2 is 1.79 bits per heavy atom. The van der Waals surface area contributed by atoms with E-state index in [2.05, 4.69) is 36.5 Å². The maximum Gasteiger partial charge on any atom is 0.0716 e. The van der Waals surface area contributed by atoms with Crippen LogP contribution in [-0.4, -0.2) is 19.7 Å². The Balaban J connectivity index is 1.43. The van der Waals surface area contributed by atoms with Crippen molar-refractivity contribution in [1.29, 1.82) is 0 Å². The van der Waals surface area contributed by atoms with Gasteiger partial charge in [0.2, 0.25) is 0 Å². The molecule has 2 heteroatoms. The van der Waals surface area contributed by atoms with Crippen LogP contribution in [0.2, 0.25) is 0 Å². The fourth-order valence-corrected chi connectivity index (χ4v) is 3.61. The molecule has 0 saturated carbocycles. The zero-order valence-corrected chi connectivity index (χ0v) is 15.7. The topological polar surface area (TPSA) is 21.3 Å². The molecule has 2 nitrogen and oxygen atoms in total. The number of hydrogen-bond acceptors (Lipinski definition) is 2. The zero-order valence-electron chi connectivity index (χ0n) is 15.7. The number of ether oxygens (including phenoxy) is 1. The quantitative estimate of drug-likeness (QED) is 0.541. The van der Waals surface area contributed by atoms with Crippen molar-refractivity contribution >= 4 is 0 Å². The SMILES string of the molecule is CCCc1ccc(COCCCCCCC2CCCCNC2)cc1. The van der Waals surface area contributed by atoms with Gasteiger partial charge in [0.05, 0.1) is 6.61 Å². The van der Waals surface area contributed by atoms with Gasteiger partial charge in [0, 0.05) is 6.61 Å². The number of benzene rings is 1. The van der Waals surface area contributed by atoms with E-state index in [1.54, 1.807) is 0 Å². The van der Waals surface area contributed by atoms with Gasteiger partial charge in [-0.3, -0.25) is 0 Å². The van der Waals surface area contributed by atoms with E-state index in [1.165, 1.54) is 88.4 Å². The van der Waals surface area contributed by atoms with Gasteiger partial charge in [-0.2, -0.15) is 0 Å². The van der Waals surface area contributed by atoms with E-state index < -0.39 is 0 Å². The van der Waals surface area contributed by atoms with Crippen molar-refractivity contribution in [1.82, 2.24) is 5.32 Å². The van der Waals surface area contributed by atoms with Crippen LogP contribution in [-0.2, 0) is 17.8 Å². The molecule has 1 aromatic rings. The lowest BCUT2D eigenvalue weighted by atomic mass is 9.96. The molecule has 1 saturated heterocycles. The highest BCUT2D eigenvalue weighted by Gasteiger charge is 2.10. The van der Waals surface area contributed by atoms with Gasteiger partial charge in [-0.15, -0.1) is 0 Å². The van der Waals surface area contributed by atoms with Crippen molar-refractivity contribution in [3.63, 3.8) is 0 Å². The number of unbranched alkanes of at least 4 members (excludes halogenated alkanes) is 3. The third kappa shape index (κ3) is 8.30. The molecule has 0 aliphatic carbocycles. The summed E-state index contributed by atoms with van der Waals surface area (Å²) in [6.07, 6.45) is 13.3. The van der Waals surface area contributed by atoms with E-state index in [0.717, 1.165) is 19.1 Å². The van der Waals surface area contributed by atoms with Gasteiger partial charge in [-0.25, -0.2) is 0 Å². The molecule has 1 heterocycles. The van der Waals surface area contributed by atoms with Crippen LogP contribution in [0.1, 0.15) is 75.8 Å². The first-order chi connectivity index (χ1) is 11.9. The molecule has 0 aromatic heterocycles. The molecule has 2 rings (SSSR count). The maximum absolute atomic E-state index is 5.82. The van der Waals surface area contributed by atoms with Gasteiger partial charge in [-0.05, 0) is 62.2 Å². The molecule has 1 N–H and O–H groups in total. The monoisotopic (exact) mass is 331 g/mol. The fraction of sp³-hybridized carbons (Fsp3) is 0.727. The molecule has 1 aromatic carbocycles. The molecule has 1 fully saturated rings. The summed E-state index contributed by atoms with van der Waals surface area (Å²) in [5, 5.41) is 3.57. The predicted molar refractivity (Wildman–Crippen MR) is 103 cm³/mol. The van der Waals surface area contributed by atoms with Crippen molar-refractivity contribution in [3.05, 3.63) is 35.4 Å². The van der Waals surface area contributed by atoms with Crippen molar-refractivity contribution in [2.24, 2.45) is 5.92 Å². The van der Waals surface area contributed by atoms with Crippen LogP contribution in [0.15, 0.2) is 24.3 Å². The Bertz CT molecular complexity index is 406. The van der Waals surface area contributed by atoms with Gasteiger partial charge in [0.1, 0.15) is 0 Å². The Hall–Kier alpha value is -0.860. The van der Waals surface area contributed by atoms with E-state index in [4.69, 9.17) is 4.74 Å². The Labute approximate surface area is 149 Å². The van der Waals surface area contributed by atoms with Crippen molar-refractivity contribution in [2.75, 3.05) is 19.7 Å². The van der Waals surface area contributed by atoms with Crippen LogP contribution in [0.25, 0.3) is 0 Å². The van der Waals surface area contributed by atoms with Gasteiger partial charge in [-0.1, -0.05) is 63.3 Å². The zero-order chi connectivity index (χ0) is 16.9. The van der Waals surface area contributed by atoms with E-state index in [0.29, 0.717) is 0 Å². The van der Waals surface area contributed by atoms with Crippen molar-refractivity contribution in [3.8, 4) is 0 Å². The standard InChI is InChI=1S/C22H37NO/c1-2-9-20-12-14-22(15-13-20)19-24-17-8-4-3-5-10-21-11-6-7-16-23-18-21/h12-15,21,23H,2-11,16-19H2,1H3. The number of rotatable bonds is 11. The molecule has 0 bridgehead atoms. The highest BCUT2D eigenvalue weighted by molar-refractivity contribution is 5.22. The first kappa shape index (κ1) is 19.5. The lowest BCUT2D eigenvalue weighted by molar-refractivity contribution is 0.116. The summed E-state index contributed by atoms with van der Waals surface area (Å²) in [6.45, 7) is 6.38. The summed E-state index contributed by atoms with van der Waals surface area (Å²) in [5.41, 5.74) is 2.74. The summed E-state index contributed by atoms with van der Waals surface area (Å²) in [5.74, 6) is 0.930. The molecule has 0 spiro atoms. The maximum atomic E-state index is 5.82. The highest BCUT2D eigenvalue weighted by Crippen LogP contribution is 2.18. The third-order valence-corrected chi connectivity index (χ3v) is 5.13. The minimum atomic E-state index is 0.764. The Kier molecular flexibility index (Phi) is 10.1. The van der Waals surface area contributed by atoms with Gasteiger partial charge >= 0.3 is 0 Å². The molecule has 0 radical (unpaired) electrons. The van der Waals surface area contributed by atoms with Crippen LogP contribution in [0.3, 0.4) is 0 Å². The minimum absolute atomic E-state index is 0.764. The lowest BCUT2D eigenvalue weighted by Crippen LogP contribution is -2.20. The van der Waals surface area contributed by atoms with Crippen molar-refractivity contribution < 1.29 is 4.74 Å². The largest absolute Gasteiger partial charge is 0.377 e. The summed E-state index contributed by atoms with van der Waals surface area (Å²) in [6, 6.07) is 8.91. The average molecular weight is 332 g/mol. The van der Waals surface area contributed by atoms with Crippen LogP contribution < -0.4 is 5.32 Å². The fourth-order valence-electron chi connectivity index (χ4n) is 3.61. The molecule has 1 atom stereocenters. The average Bonchev–Trinajstić information content (AvgIpc) is 2.88. The highest BCUT2D eigenvalue weighted by atomic mass is 16.5. The summed E-state index contributed by atoms with van der Waals surface area (Å²) in [4.78, 5) is 0. The minimum Gasteiger partial charge on any atom is -0.377 e. The number of nitrogens with one attached hydrogen (secondary N) is 1. The van der Waals surface area contributed by atoms with Crippen LogP contribution in [0, 0.1) is 5.92 Å². The van der Waals surface area contributed by atoms with Gasteiger partial charge in [0.25, 0.3) is 0 Å².